The van der Waals surface area contributed by atoms with E-state index in [2.05, 4.69) is 124 Å². The Hall–Kier alpha value is -12.2. The van der Waals surface area contributed by atoms with Crippen molar-refractivity contribution in [2.24, 2.45) is 17.8 Å². The molecule has 0 fully saturated rings. The summed E-state index contributed by atoms with van der Waals surface area (Å²) in [6.07, 6.45) is 15.9. The van der Waals surface area contributed by atoms with Crippen LogP contribution in [0.5, 0.6) is 34.5 Å². The average molecular weight is 1850 g/mol. The van der Waals surface area contributed by atoms with Gasteiger partial charge in [0.2, 0.25) is 5.95 Å². The molecule has 2 heterocycles. The van der Waals surface area contributed by atoms with Crippen LogP contribution in [0.1, 0.15) is 273 Å². The monoisotopic (exact) mass is 1850 g/mol. The zero-order valence-electron chi connectivity index (χ0n) is 80.9. The lowest BCUT2D eigenvalue weighted by atomic mass is 9.86. The number of rotatable bonds is 43. The summed E-state index contributed by atoms with van der Waals surface area (Å²) in [5.74, 6) is -0.163. The summed E-state index contributed by atoms with van der Waals surface area (Å²) in [5, 5.41) is 60.8. The van der Waals surface area contributed by atoms with Gasteiger partial charge in [0.1, 0.15) is 68.7 Å². The molecule has 0 amide bonds. The van der Waals surface area contributed by atoms with Crippen molar-refractivity contribution in [1.82, 2.24) is 29.9 Å². The molecule has 0 saturated heterocycles. The topological polar surface area (TPSA) is 340 Å². The van der Waals surface area contributed by atoms with E-state index in [4.69, 9.17) is 53.0 Å². The number of nitrogens with one attached hydrogen (secondary N) is 1. The molecule has 0 aliphatic heterocycles. The van der Waals surface area contributed by atoms with Crippen LogP contribution in [0.25, 0.3) is 16.7 Å². The van der Waals surface area contributed by atoms with Gasteiger partial charge in [-0.05, 0) is 258 Å². The number of Topliss-reactive ketones (excluding diaryl/α,β-unsaturated/α-hetero) is 2. The quantitative estimate of drug-likeness (QED) is 0.00516. The molecular weight excluding hydrogens is 1710 g/mol. The Balaban J connectivity index is 0.000000246. The number of aromatic nitrogens is 6. The van der Waals surface area contributed by atoms with Crippen LogP contribution >= 0.6 is 0 Å². The Labute approximate surface area is 787 Å². The van der Waals surface area contributed by atoms with Crippen LogP contribution < -0.4 is 10.1 Å². The second-order valence-corrected chi connectivity index (χ2v) is 45.8. The van der Waals surface area contributed by atoms with Crippen LogP contribution in [0, 0.1) is 24.7 Å². The van der Waals surface area contributed by atoms with Crippen molar-refractivity contribution < 1.29 is 82.1 Å². The Morgan fingerprint density at radius 3 is 1.24 bits per heavy atom. The molecule has 0 spiro atoms. The van der Waals surface area contributed by atoms with Gasteiger partial charge in [-0.1, -0.05) is 187 Å². The van der Waals surface area contributed by atoms with Crippen molar-refractivity contribution in [2.75, 3.05) is 32.2 Å². The number of carbonyl (C=O) groups is 6. The third-order valence-corrected chi connectivity index (χ3v) is 24.5. The number of benzene rings is 9. The number of hydrogen-bond donors (Lipinski definition) is 6. The van der Waals surface area contributed by atoms with Gasteiger partial charge in [-0.15, -0.1) is 15.0 Å². The van der Waals surface area contributed by atoms with Gasteiger partial charge in [0, 0.05) is 41.8 Å². The lowest BCUT2D eigenvalue weighted by Gasteiger charge is -2.40. The van der Waals surface area contributed by atoms with Crippen LogP contribution in [-0.4, -0.2) is 140 Å². The number of phenolic OH excluding ortho intramolecular Hbond substituents is 5. The summed E-state index contributed by atoms with van der Waals surface area (Å²) < 4.78 is 35.0. The van der Waals surface area contributed by atoms with Crippen LogP contribution in [0.3, 0.4) is 0 Å². The maximum absolute atomic E-state index is 12.9. The van der Waals surface area contributed by atoms with E-state index in [1.165, 1.54) is 29.1 Å². The average Bonchev–Trinajstić information content (AvgIpc) is 1.77. The summed E-state index contributed by atoms with van der Waals surface area (Å²) in [6.45, 7) is 37.8. The van der Waals surface area contributed by atoms with E-state index in [-0.39, 0.29) is 81.2 Å². The van der Waals surface area contributed by atoms with E-state index >= 15 is 0 Å². The molecule has 11 aromatic rings. The second kappa shape index (κ2) is 51.1. The van der Waals surface area contributed by atoms with E-state index in [9.17, 15) is 44.1 Å². The molecule has 11 rings (SSSR count). The predicted molar refractivity (Wildman–Crippen MR) is 529 cm³/mol. The maximum Gasteiger partial charge on any atom is 0.338 e. The summed E-state index contributed by atoms with van der Waals surface area (Å²) in [6, 6.07) is 54.9. The number of anilines is 2. The molecule has 0 aliphatic rings. The minimum Gasteiger partial charge on any atom is -0.508 e. The number of fused-ring (bicyclic) bond motifs is 1. The van der Waals surface area contributed by atoms with E-state index in [1.807, 2.05) is 91.9 Å². The number of phenols is 5. The van der Waals surface area contributed by atoms with Crippen molar-refractivity contribution in [3.63, 3.8) is 0 Å². The van der Waals surface area contributed by atoms with Crippen molar-refractivity contribution in [3.05, 3.63) is 273 Å². The third kappa shape index (κ3) is 34.7. The number of carbonyl (C=O) groups excluding carboxylic acids is 6. The van der Waals surface area contributed by atoms with Gasteiger partial charge in [-0.25, -0.2) is 19.4 Å². The highest BCUT2D eigenvalue weighted by Gasteiger charge is 2.37. The molecule has 0 aliphatic carbocycles. The van der Waals surface area contributed by atoms with E-state index < -0.39 is 28.2 Å². The molecule has 0 saturated carbocycles. The SMILES string of the molecule is CCCCC(CC)COC(=O)c1ccc(Cc2nc(Cc3ccc(C(=O)OCC(CC)CCCC)cc3)nc(Nc3ccc(C(=O)OCC(CC)CCCC)cc3)n2)cc1.COc1ccc(C(=O)CC(=O)c2ccc(C(C)(C)C)cc2)cc1.Cc1cc(CCCC(C)(O[Si](C)(C)C)O[Si](C)(C)C)c(O)c(-n2nc3ccccc3n2)c1.O=C(c1ccc(O)cc1O)c1ccc(O)cc1O. The first-order valence-corrected chi connectivity index (χ1v) is 53.3. The standard InChI is InChI=1S/C50H68N4O6.C24H37N3O3Si2.C20H22O3.C13H10O5/c1-7-13-16-36(10-4)33-58-47(55)41-23-19-39(20-24-41)31-45-52-46(32-40-21-25-42(26-22-40)48(56)59-34-37(11-5)17-14-8-2)54-50(53-45)51-44-29-27-43(28-30-44)49(57)60-35-38(12-6)18-15-9-3;1-18-16-19(12-11-15-24(2,29-31(3,4)5)30-32(6,7)8)23(28)22(17-18)27-25-20-13-9-10-14-21(20)26-27;1-20(2,3)16-9-5-14(6-10-16)18(21)13-19(22)15-7-11-17(23-4)12-8-15;14-7-1-3-9(11(16)5-7)13(18)10-4-2-8(15)6-12(10)17/h19-30,36-38H,7-18,31-35H2,1-6H3,(H,51,52,53,54);9-10,13-14,16-17,28H,11-12,15H2,1-8H3;5-12H,13H2,1-4H3;1-6,14-17H. The Morgan fingerprint density at radius 2 is 0.865 bits per heavy atom. The molecule has 3 atom stereocenters. The first kappa shape index (κ1) is 106. The molecule has 0 bridgehead atoms. The lowest BCUT2D eigenvalue weighted by Crippen LogP contribution is -2.48. The van der Waals surface area contributed by atoms with Crippen molar-refractivity contribution >= 4 is 74.6 Å². The third-order valence-electron chi connectivity index (χ3n) is 22.4. The summed E-state index contributed by atoms with van der Waals surface area (Å²) >= 11 is 0. The highest BCUT2D eigenvalue weighted by molar-refractivity contribution is 6.71. The predicted octanol–water partition coefficient (Wildman–Crippen LogP) is 24.3. The number of methoxy groups -OCH3 is 1. The largest absolute Gasteiger partial charge is 0.508 e. The van der Waals surface area contributed by atoms with E-state index in [1.54, 1.807) is 79.9 Å². The highest BCUT2D eigenvalue weighted by Crippen LogP contribution is 2.36. The Morgan fingerprint density at radius 1 is 0.466 bits per heavy atom. The highest BCUT2D eigenvalue weighted by atomic mass is 28.4. The number of ether oxygens (including phenoxy) is 4. The van der Waals surface area contributed by atoms with Gasteiger partial charge < -0.3 is 58.6 Å². The van der Waals surface area contributed by atoms with Gasteiger partial charge in [-0.2, -0.15) is 9.97 Å². The van der Waals surface area contributed by atoms with Crippen molar-refractivity contribution in [3.8, 4) is 40.2 Å². The van der Waals surface area contributed by atoms with Crippen LogP contribution in [0.15, 0.2) is 194 Å². The molecule has 133 heavy (non-hydrogen) atoms. The summed E-state index contributed by atoms with van der Waals surface area (Å²) in [5.41, 5.74) is 10.4. The Bertz CT molecular complexity index is 5260. The minimum absolute atomic E-state index is 0.0422. The number of nitrogens with zero attached hydrogens (tertiary/aromatic N) is 6. The zero-order valence-corrected chi connectivity index (χ0v) is 82.9. The number of esters is 3. The zero-order chi connectivity index (χ0) is 97.2. The van der Waals surface area contributed by atoms with Gasteiger partial charge in [-0.3, -0.25) is 14.4 Å². The molecule has 24 nitrogen and oxygen atoms in total. The van der Waals surface area contributed by atoms with Crippen LogP contribution in [0.2, 0.25) is 39.3 Å². The molecular formula is C107H137N7O17Si2. The molecule has 710 valence electrons. The second-order valence-electron chi connectivity index (χ2n) is 37.0. The smallest absolute Gasteiger partial charge is 0.338 e. The fourth-order valence-corrected chi connectivity index (χ4v) is 17.9. The first-order chi connectivity index (χ1) is 63.2. The molecule has 3 unspecified atom stereocenters. The molecule has 2 aromatic heterocycles. The maximum atomic E-state index is 12.9. The fraction of sp³-hybridized carbons (Fsp3) is 0.411. The molecule has 9 aromatic carbocycles. The van der Waals surface area contributed by atoms with E-state index in [0.717, 1.165) is 147 Å². The summed E-state index contributed by atoms with van der Waals surface area (Å²) in [4.78, 5) is 91.0. The van der Waals surface area contributed by atoms with Crippen molar-refractivity contribution in [2.45, 2.75) is 242 Å². The van der Waals surface area contributed by atoms with Gasteiger partial charge >= 0.3 is 17.9 Å². The minimum atomic E-state index is -1.78. The number of hydrogen-bond acceptors (Lipinski definition) is 23. The normalized spacial score (nSPS) is 12.2. The fourth-order valence-electron chi connectivity index (χ4n) is 14.9. The van der Waals surface area contributed by atoms with Gasteiger partial charge in [0.25, 0.3) is 0 Å². The van der Waals surface area contributed by atoms with Crippen LogP contribution in [-0.2, 0) is 47.7 Å². The summed E-state index contributed by atoms with van der Waals surface area (Å²) in [7, 11) is -1.99. The van der Waals surface area contributed by atoms with Gasteiger partial charge in [0.15, 0.2) is 34.0 Å². The number of unbranched alkanes of at least 4 members (excludes halogenated alkanes) is 3. The first-order valence-electron chi connectivity index (χ1n) is 46.5. The molecule has 6 N–H and O–H groups in total. The number of ketones is 3. The van der Waals surface area contributed by atoms with Crippen LogP contribution in [0.4, 0.5) is 11.6 Å². The van der Waals surface area contributed by atoms with Gasteiger partial charge in [0.05, 0.1) is 61.2 Å². The van der Waals surface area contributed by atoms with Crippen molar-refractivity contribution in [1.29, 1.82) is 0 Å². The molecule has 0 radical (unpaired) electrons. The Kier molecular flexibility index (Phi) is 40.8. The number of aryl methyl sites for hydroxylation is 2. The van der Waals surface area contributed by atoms with E-state index in [0.29, 0.717) is 113 Å². The lowest BCUT2D eigenvalue weighted by molar-refractivity contribution is -0.118. The molecule has 26 heteroatoms. The number of aromatic hydroxyl groups is 5.